The third kappa shape index (κ3) is 14.5. The van der Waals surface area contributed by atoms with Crippen LogP contribution in [0.1, 0.15) is 56.6 Å². The van der Waals surface area contributed by atoms with Crippen molar-refractivity contribution in [3.05, 3.63) is 84.5 Å². The van der Waals surface area contributed by atoms with E-state index in [1.54, 1.807) is 36.4 Å². The van der Waals surface area contributed by atoms with Crippen LogP contribution in [0.3, 0.4) is 0 Å². The van der Waals surface area contributed by atoms with Gasteiger partial charge in [0.2, 0.25) is 0 Å². The number of benzene rings is 2. The van der Waals surface area contributed by atoms with Crippen molar-refractivity contribution in [2.75, 3.05) is 14.2 Å². The highest BCUT2D eigenvalue weighted by atomic mass is 16.5. The maximum absolute atomic E-state index is 11.3. The van der Waals surface area contributed by atoms with Gasteiger partial charge >= 0.3 is 11.9 Å². The molecule has 0 bridgehead atoms. The first-order chi connectivity index (χ1) is 16.3. The summed E-state index contributed by atoms with van der Waals surface area (Å²) >= 11 is 0. The molecule has 0 aromatic heterocycles. The van der Waals surface area contributed by atoms with E-state index < -0.39 is 0 Å². The van der Waals surface area contributed by atoms with Crippen LogP contribution in [0.2, 0.25) is 0 Å². The number of hydrogen-bond acceptors (Lipinski definition) is 6. The average Bonchev–Trinajstić information content (AvgIpc) is 2.85. The lowest BCUT2D eigenvalue weighted by Gasteiger charge is -2.12. The normalized spacial score (nSPS) is 10.7. The summed E-state index contributed by atoms with van der Waals surface area (Å²) in [5.41, 5.74) is 1.85. The lowest BCUT2D eigenvalue weighted by molar-refractivity contribution is -0.141. The van der Waals surface area contributed by atoms with Gasteiger partial charge in [-0.15, -0.1) is 6.58 Å². The zero-order valence-electron chi connectivity index (χ0n) is 20.7. The fourth-order valence-corrected chi connectivity index (χ4v) is 2.68. The predicted octanol–water partition coefficient (Wildman–Crippen LogP) is 6.09. The number of phenolic OH excluding ortho intramolecular Hbond substituents is 2. The van der Waals surface area contributed by atoms with E-state index >= 15 is 0 Å². The minimum Gasteiger partial charge on any atom is -0.508 e. The summed E-state index contributed by atoms with van der Waals surface area (Å²) < 4.78 is 9.18. The molecule has 0 aliphatic rings. The van der Waals surface area contributed by atoms with Crippen molar-refractivity contribution in [1.82, 2.24) is 0 Å². The van der Waals surface area contributed by atoms with E-state index in [-0.39, 0.29) is 35.8 Å². The van der Waals surface area contributed by atoms with Crippen LogP contribution in [0.5, 0.6) is 11.5 Å². The summed E-state index contributed by atoms with van der Waals surface area (Å²) in [5, 5.41) is 18.6. The van der Waals surface area contributed by atoms with E-state index in [9.17, 15) is 14.7 Å². The highest BCUT2D eigenvalue weighted by Crippen LogP contribution is 2.25. The Hall–Kier alpha value is -3.54. The van der Waals surface area contributed by atoms with E-state index in [0.29, 0.717) is 12.8 Å². The maximum atomic E-state index is 11.3. The molecule has 0 aliphatic carbocycles. The van der Waals surface area contributed by atoms with Gasteiger partial charge in [0.15, 0.2) is 0 Å². The molecule has 0 spiro atoms. The topological polar surface area (TPSA) is 93.1 Å². The van der Waals surface area contributed by atoms with Gasteiger partial charge in [0.05, 0.1) is 20.6 Å². The van der Waals surface area contributed by atoms with E-state index in [2.05, 4.69) is 23.0 Å². The number of carbonyl (C=O) groups is 2. The molecule has 6 heteroatoms. The van der Waals surface area contributed by atoms with Crippen LogP contribution in [-0.4, -0.2) is 36.4 Å². The van der Waals surface area contributed by atoms with E-state index in [4.69, 9.17) is 5.11 Å². The van der Waals surface area contributed by atoms with Gasteiger partial charge in [-0.25, -0.2) is 0 Å². The fourth-order valence-electron chi connectivity index (χ4n) is 2.68. The summed E-state index contributed by atoms with van der Waals surface area (Å²) in [6.45, 7) is 7.58. The van der Waals surface area contributed by atoms with Gasteiger partial charge in [0.1, 0.15) is 11.5 Å². The number of allylic oxidation sites excluding steroid dienone is 3. The number of aromatic hydroxyl groups is 2. The van der Waals surface area contributed by atoms with Crippen molar-refractivity contribution in [1.29, 1.82) is 0 Å². The fraction of sp³-hybridized carbons (Fsp3) is 0.357. The average molecular weight is 471 g/mol. The van der Waals surface area contributed by atoms with Gasteiger partial charge in [-0.3, -0.25) is 9.59 Å². The van der Waals surface area contributed by atoms with Gasteiger partial charge in [-0.1, -0.05) is 56.3 Å². The number of hydrogen-bond donors (Lipinski definition) is 2. The SMILES string of the molecule is C=CCC.CC/C=C/C(CC(=O)OC)c1cccc(O)c1.COC(=O)CCc1cccc(O)c1. The van der Waals surface area contributed by atoms with Crippen molar-refractivity contribution < 1.29 is 29.3 Å². The summed E-state index contributed by atoms with van der Waals surface area (Å²) in [4.78, 5) is 22.1. The monoisotopic (exact) mass is 470 g/mol. The van der Waals surface area contributed by atoms with E-state index in [1.165, 1.54) is 14.2 Å². The smallest absolute Gasteiger partial charge is 0.306 e. The number of esters is 2. The Morgan fingerprint density at radius 1 is 0.941 bits per heavy atom. The number of ether oxygens (including phenoxy) is 2. The number of methoxy groups -OCH3 is 2. The van der Waals surface area contributed by atoms with Crippen molar-refractivity contribution >= 4 is 11.9 Å². The number of aryl methyl sites for hydroxylation is 1. The third-order valence-electron chi connectivity index (χ3n) is 4.56. The van der Waals surface area contributed by atoms with Gasteiger partial charge in [0.25, 0.3) is 0 Å². The minimum absolute atomic E-state index is 0.0468. The zero-order chi connectivity index (χ0) is 25.8. The first-order valence-corrected chi connectivity index (χ1v) is 11.3. The highest BCUT2D eigenvalue weighted by Gasteiger charge is 2.14. The molecule has 2 aromatic rings. The molecular weight excluding hydrogens is 432 g/mol. The van der Waals surface area contributed by atoms with E-state index in [1.807, 2.05) is 37.3 Å². The Kier molecular flexibility index (Phi) is 17.0. The van der Waals surface area contributed by atoms with Crippen molar-refractivity contribution in [3.8, 4) is 11.5 Å². The minimum atomic E-state index is -0.251. The molecule has 2 N–H and O–H groups in total. The summed E-state index contributed by atoms with van der Waals surface area (Å²) in [6, 6.07) is 13.8. The van der Waals surface area contributed by atoms with Crippen molar-refractivity contribution in [3.63, 3.8) is 0 Å². The molecule has 6 nitrogen and oxygen atoms in total. The van der Waals surface area contributed by atoms with Gasteiger partial charge in [0, 0.05) is 12.3 Å². The molecular formula is C28H38O6. The first-order valence-electron chi connectivity index (χ1n) is 11.3. The van der Waals surface area contributed by atoms with Crippen molar-refractivity contribution in [2.45, 2.75) is 51.9 Å². The highest BCUT2D eigenvalue weighted by molar-refractivity contribution is 5.71. The first kappa shape index (κ1) is 30.5. The Morgan fingerprint density at radius 2 is 1.53 bits per heavy atom. The molecule has 0 saturated carbocycles. The van der Waals surface area contributed by atoms with E-state index in [0.717, 1.165) is 24.0 Å². The molecule has 0 radical (unpaired) electrons. The van der Waals surface area contributed by atoms with Gasteiger partial charge in [-0.2, -0.15) is 0 Å². The molecule has 2 rings (SSSR count). The quantitative estimate of drug-likeness (QED) is 0.340. The molecule has 0 fully saturated rings. The third-order valence-corrected chi connectivity index (χ3v) is 4.56. The molecule has 2 aromatic carbocycles. The molecule has 34 heavy (non-hydrogen) atoms. The molecule has 1 atom stereocenters. The van der Waals surface area contributed by atoms with Crippen LogP contribution in [0.15, 0.2) is 73.3 Å². The summed E-state index contributed by atoms with van der Waals surface area (Å²) in [7, 11) is 2.75. The second-order valence-electron chi connectivity index (χ2n) is 7.26. The molecule has 0 heterocycles. The number of rotatable bonds is 9. The number of phenols is 2. The van der Waals surface area contributed by atoms with Crippen LogP contribution in [0.25, 0.3) is 0 Å². The predicted molar refractivity (Wildman–Crippen MR) is 136 cm³/mol. The Labute approximate surface area is 203 Å². The zero-order valence-corrected chi connectivity index (χ0v) is 20.7. The van der Waals surface area contributed by atoms with Crippen LogP contribution < -0.4 is 0 Å². The largest absolute Gasteiger partial charge is 0.508 e. The van der Waals surface area contributed by atoms with Crippen molar-refractivity contribution in [2.24, 2.45) is 0 Å². The lowest BCUT2D eigenvalue weighted by atomic mass is 9.95. The molecule has 0 amide bonds. The van der Waals surface area contributed by atoms with Crippen LogP contribution in [0, 0.1) is 0 Å². The van der Waals surface area contributed by atoms with Gasteiger partial charge < -0.3 is 19.7 Å². The van der Waals surface area contributed by atoms with Gasteiger partial charge in [-0.05, 0) is 54.7 Å². The van der Waals surface area contributed by atoms with Crippen LogP contribution in [-0.2, 0) is 25.5 Å². The molecule has 186 valence electrons. The second-order valence-corrected chi connectivity index (χ2v) is 7.26. The number of carbonyl (C=O) groups excluding carboxylic acids is 2. The van der Waals surface area contributed by atoms with Crippen LogP contribution in [0.4, 0.5) is 0 Å². The van der Waals surface area contributed by atoms with Crippen LogP contribution >= 0.6 is 0 Å². The summed E-state index contributed by atoms with van der Waals surface area (Å²) in [6.07, 6.45) is 9.09. The Bertz CT molecular complexity index is 888. The Morgan fingerprint density at radius 3 is 2.03 bits per heavy atom. The molecule has 1 unspecified atom stereocenters. The standard InChI is InChI=1S/C14H18O3.C10H12O3.C4H8/c1-3-4-6-12(10-14(16)17-2)11-7-5-8-13(15)9-11;1-13-10(12)6-5-8-3-2-4-9(11)7-8;1-3-4-2/h4-9,12,15H,3,10H2,1-2H3;2-4,7,11H,5-6H2,1H3;3H,1,4H2,2H3/b6-4+;;. The second kappa shape index (κ2) is 19.0. The maximum Gasteiger partial charge on any atom is 0.306 e. The molecule has 0 saturated heterocycles. The lowest BCUT2D eigenvalue weighted by Crippen LogP contribution is -2.06. The Balaban J connectivity index is 0.000000567. The molecule has 0 aliphatic heterocycles. The summed E-state index contributed by atoms with van der Waals surface area (Å²) in [5.74, 6) is -0.0958.